The second kappa shape index (κ2) is 11.0. The zero-order valence-electron chi connectivity index (χ0n) is 17.3. The second-order valence-corrected chi connectivity index (χ2v) is 8.16. The van der Waals surface area contributed by atoms with Crippen LogP contribution in [0.2, 0.25) is 0 Å². The average Bonchev–Trinajstić information content (AvgIpc) is 2.69. The third-order valence-corrected chi connectivity index (χ3v) is 5.70. The molecule has 3 rings (SSSR count). The summed E-state index contributed by atoms with van der Waals surface area (Å²) in [6.45, 7) is 9.51. The van der Waals surface area contributed by atoms with Gasteiger partial charge >= 0.3 is 11.9 Å². The molecular formula is C22H32N2O5. The largest absolute Gasteiger partial charge is 0.473 e. The van der Waals surface area contributed by atoms with Crippen LogP contribution >= 0.6 is 0 Å². The molecule has 2 aliphatic rings. The minimum Gasteiger partial charge on any atom is -0.473 e. The molecule has 1 aromatic carbocycles. The van der Waals surface area contributed by atoms with E-state index in [-0.39, 0.29) is 5.92 Å². The molecule has 0 aliphatic carbocycles. The maximum absolute atomic E-state index is 12.7. The molecule has 29 heavy (non-hydrogen) atoms. The molecule has 7 heteroatoms. The summed E-state index contributed by atoms with van der Waals surface area (Å²) in [6.07, 6.45) is 4.41. The number of carboxylic acid groups (broad SMARTS) is 2. The van der Waals surface area contributed by atoms with Crippen LogP contribution in [0.25, 0.3) is 0 Å². The Morgan fingerprint density at radius 1 is 0.966 bits per heavy atom. The molecule has 0 saturated carbocycles. The van der Waals surface area contributed by atoms with E-state index in [1.165, 1.54) is 24.0 Å². The molecule has 1 aromatic rings. The number of hydrogen-bond acceptors (Lipinski definition) is 4. The summed E-state index contributed by atoms with van der Waals surface area (Å²) < 4.78 is 0. The molecular weight excluding hydrogens is 372 g/mol. The summed E-state index contributed by atoms with van der Waals surface area (Å²) in [5, 5.41) is 14.8. The Kier molecular flexibility index (Phi) is 8.64. The molecule has 7 nitrogen and oxygen atoms in total. The summed E-state index contributed by atoms with van der Waals surface area (Å²) in [4.78, 5) is 35.5. The SMILES string of the molecule is Cc1cccc(CN2CCC(C(=O)N3CCC(C)CC3)CC2)c1.O=C(O)C(=O)O. The van der Waals surface area contributed by atoms with Crippen molar-refractivity contribution >= 4 is 17.8 Å². The zero-order valence-corrected chi connectivity index (χ0v) is 17.3. The van der Waals surface area contributed by atoms with Crippen molar-refractivity contribution in [3.63, 3.8) is 0 Å². The fourth-order valence-electron chi connectivity index (χ4n) is 3.89. The Labute approximate surface area is 172 Å². The first-order chi connectivity index (χ1) is 13.8. The maximum Gasteiger partial charge on any atom is 0.414 e. The molecule has 1 amide bonds. The smallest absolute Gasteiger partial charge is 0.414 e. The van der Waals surface area contributed by atoms with Gasteiger partial charge in [0, 0.05) is 25.6 Å². The summed E-state index contributed by atoms with van der Waals surface area (Å²) in [5.41, 5.74) is 2.71. The average molecular weight is 405 g/mol. The van der Waals surface area contributed by atoms with E-state index in [1.54, 1.807) is 0 Å². The van der Waals surface area contributed by atoms with Crippen LogP contribution in [0.3, 0.4) is 0 Å². The van der Waals surface area contributed by atoms with Crippen molar-refractivity contribution in [2.75, 3.05) is 26.2 Å². The number of carbonyl (C=O) groups is 3. The van der Waals surface area contributed by atoms with Gasteiger partial charge in [-0.05, 0) is 57.2 Å². The van der Waals surface area contributed by atoms with Crippen molar-refractivity contribution in [2.24, 2.45) is 11.8 Å². The number of rotatable bonds is 3. The van der Waals surface area contributed by atoms with E-state index in [0.717, 1.165) is 51.5 Å². The molecule has 160 valence electrons. The highest BCUT2D eigenvalue weighted by molar-refractivity contribution is 6.27. The van der Waals surface area contributed by atoms with Crippen molar-refractivity contribution in [1.29, 1.82) is 0 Å². The van der Waals surface area contributed by atoms with Gasteiger partial charge in [-0.25, -0.2) is 9.59 Å². The Hall–Kier alpha value is -2.41. The Balaban J connectivity index is 0.000000438. The number of benzene rings is 1. The predicted octanol–water partition coefficient (Wildman–Crippen LogP) is 2.62. The highest BCUT2D eigenvalue weighted by Crippen LogP contribution is 2.24. The number of carboxylic acids is 2. The van der Waals surface area contributed by atoms with E-state index < -0.39 is 11.9 Å². The van der Waals surface area contributed by atoms with E-state index >= 15 is 0 Å². The lowest BCUT2D eigenvalue weighted by Crippen LogP contribution is -2.45. The summed E-state index contributed by atoms with van der Waals surface area (Å²) in [7, 11) is 0. The van der Waals surface area contributed by atoms with E-state index in [9.17, 15) is 4.79 Å². The van der Waals surface area contributed by atoms with Gasteiger partial charge in [0.05, 0.1) is 0 Å². The van der Waals surface area contributed by atoms with Crippen LogP contribution in [0.5, 0.6) is 0 Å². The van der Waals surface area contributed by atoms with Gasteiger partial charge in [0.2, 0.25) is 5.91 Å². The van der Waals surface area contributed by atoms with Crippen LogP contribution < -0.4 is 0 Å². The highest BCUT2D eigenvalue weighted by Gasteiger charge is 2.30. The number of likely N-dealkylation sites (tertiary alicyclic amines) is 2. The summed E-state index contributed by atoms with van der Waals surface area (Å²) in [6, 6.07) is 8.76. The number of aliphatic carboxylic acids is 2. The standard InChI is InChI=1S/C20H30N2O.C2H2O4/c1-16-6-12-22(13-7-16)20(23)19-8-10-21(11-9-19)15-18-5-3-4-17(2)14-18;3-1(4)2(5)6/h3-5,14,16,19H,6-13,15H2,1-2H3;(H,3,4)(H,5,6). The molecule has 0 atom stereocenters. The number of aryl methyl sites for hydroxylation is 1. The van der Waals surface area contributed by atoms with Gasteiger partial charge < -0.3 is 15.1 Å². The van der Waals surface area contributed by atoms with E-state index in [2.05, 4.69) is 47.9 Å². The number of carbonyl (C=O) groups excluding carboxylic acids is 1. The first-order valence-electron chi connectivity index (χ1n) is 10.3. The van der Waals surface area contributed by atoms with Crippen molar-refractivity contribution < 1.29 is 24.6 Å². The number of piperidine rings is 2. The lowest BCUT2D eigenvalue weighted by Gasteiger charge is -2.36. The quantitative estimate of drug-likeness (QED) is 0.752. The highest BCUT2D eigenvalue weighted by atomic mass is 16.4. The second-order valence-electron chi connectivity index (χ2n) is 8.16. The monoisotopic (exact) mass is 404 g/mol. The topological polar surface area (TPSA) is 98.2 Å². The molecule has 0 bridgehead atoms. The number of nitrogens with zero attached hydrogens (tertiary/aromatic N) is 2. The predicted molar refractivity (Wildman–Crippen MR) is 109 cm³/mol. The molecule has 0 aromatic heterocycles. The van der Waals surface area contributed by atoms with Gasteiger partial charge in [-0.3, -0.25) is 9.69 Å². The van der Waals surface area contributed by atoms with Crippen LogP contribution in [0.4, 0.5) is 0 Å². The summed E-state index contributed by atoms with van der Waals surface area (Å²) >= 11 is 0. The first-order valence-corrected chi connectivity index (χ1v) is 10.3. The Bertz CT molecular complexity index is 693. The van der Waals surface area contributed by atoms with Crippen LogP contribution in [0.15, 0.2) is 24.3 Å². The van der Waals surface area contributed by atoms with E-state index in [1.807, 2.05) is 0 Å². The molecule has 0 radical (unpaired) electrons. The minimum atomic E-state index is -1.82. The molecule has 0 spiro atoms. The van der Waals surface area contributed by atoms with Crippen molar-refractivity contribution in [3.8, 4) is 0 Å². The van der Waals surface area contributed by atoms with Crippen LogP contribution in [-0.4, -0.2) is 64.0 Å². The van der Waals surface area contributed by atoms with Crippen molar-refractivity contribution in [2.45, 2.75) is 46.1 Å². The van der Waals surface area contributed by atoms with Gasteiger partial charge in [0.15, 0.2) is 0 Å². The third kappa shape index (κ3) is 7.49. The molecule has 2 fully saturated rings. The lowest BCUT2D eigenvalue weighted by atomic mass is 9.92. The molecule has 2 N–H and O–H groups in total. The first kappa shape index (κ1) is 22.9. The minimum absolute atomic E-state index is 0.261. The van der Waals surface area contributed by atoms with Crippen LogP contribution in [0, 0.1) is 18.8 Å². The maximum atomic E-state index is 12.7. The van der Waals surface area contributed by atoms with Gasteiger partial charge in [-0.15, -0.1) is 0 Å². The van der Waals surface area contributed by atoms with E-state index in [4.69, 9.17) is 19.8 Å². The van der Waals surface area contributed by atoms with Crippen molar-refractivity contribution in [1.82, 2.24) is 9.80 Å². The molecule has 0 unspecified atom stereocenters. The van der Waals surface area contributed by atoms with Crippen molar-refractivity contribution in [3.05, 3.63) is 35.4 Å². The fourth-order valence-corrected chi connectivity index (χ4v) is 3.89. The molecule has 2 heterocycles. The van der Waals surface area contributed by atoms with Crippen LogP contribution in [0.1, 0.15) is 43.7 Å². The Morgan fingerprint density at radius 3 is 2.07 bits per heavy atom. The van der Waals surface area contributed by atoms with Gasteiger partial charge in [0.1, 0.15) is 0 Å². The molecule has 2 saturated heterocycles. The fraction of sp³-hybridized carbons (Fsp3) is 0.591. The molecule has 2 aliphatic heterocycles. The number of amides is 1. The van der Waals surface area contributed by atoms with E-state index in [0.29, 0.717) is 5.91 Å². The normalized spacial score (nSPS) is 18.6. The summed E-state index contributed by atoms with van der Waals surface area (Å²) in [5.74, 6) is -2.18. The van der Waals surface area contributed by atoms with Gasteiger partial charge in [-0.2, -0.15) is 0 Å². The Morgan fingerprint density at radius 2 is 1.55 bits per heavy atom. The zero-order chi connectivity index (χ0) is 21.4. The van der Waals surface area contributed by atoms with Crippen LogP contribution in [-0.2, 0) is 20.9 Å². The van der Waals surface area contributed by atoms with Gasteiger partial charge in [-0.1, -0.05) is 36.8 Å². The lowest BCUT2D eigenvalue weighted by molar-refractivity contribution is -0.159. The van der Waals surface area contributed by atoms with Gasteiger partial charge in [0.25, 0.3) is 0 Å². The third-order valence-electron chi connectivity index (χ3n) is 5.70. The number of hydrogen-bond donors (Lipinski definition) is 2.